The minimum atomic E-state index is -0.358. The van der Waals surface area contributed by atoms with Crippen LogP contribution in [0.3, 0.4) is 0 Å². The standard InChI is InChI=1S/C20H15BrClN3O/c21-16-8-12-18(13-9-16)24-20(26)25(19-4-2-1-3-5-19)23-14-15-6-10-17(22)11-7-15/h1-14H,(H,24,26)/b23-14+. The Hall–Kier alpha value is -2.63. The number of para-hydroxylation sites is 1. The first-order valence-electron chi connectivity index (χ1n) is 7.83. The van der Waals surface area contributed by atoms with Crippen molar-refractivity contribution in [2.75, 3.05) is 10.3 Å². The van der Waals surface area contributed by atoms with Crippen LogP contribution >= 0.6 is 27.5 Å². The number of nitrogens with one attached hydrogen (secondary N) is 1. The molecular formula is C20H15BrClN3O. The SMILES string of the molecule is O=C(Nc1ccc(Br)cc1)N(/N=C/c1ccc(Cl)cc1)c1ccccc1. The van der Waals surface area contributed by atoms with E-state index in [-0.39, 0.29) is 6.03 Å². The molecule has 0 radical (unpaired) electrons. The van der Waals surface area contributed by atoms with Gasteiger partial charge in [-0.2, -0.15) is 10.1 Å². The van der Waals surface area contributed by atoms with E-state index < -0.39 is 0 Å². The lowest BCUT2D eigenvalue weighted by Gasteiger charge is -2.18. The van der Waals surface area contributed by atoms with Gasteiger partial charge in [0.25, 0.3) is 0 Å². The summed E-state index contributed by atoms with van der Waals surface area (Å²) in [6.07, 6.45) is 1.62. The third kappa shape index (κ3) is 4.94. The lowest BCUT2D eigenvalue weighted by atomic mass is 10.2. The molecule has 0 spiro atoms. The summed E-state index contributed by atoms with van der Waals surface area (Å²) in [6.45, 7) is 0. The van der Waals surface area contributed by atoms with Gasteiger partial charge in [0.15, 0.2) is 0 Å². The van der Waals surface area contributed by atoms with Crippen LogP contribution in [-0.4, -0.2) is 12.2 Å². The summed E-state index contributed by atoms with van der Waals surface area (Å²) in [4.78, 5) is 12.7. The van der Waals surface area contributed by atoms with Crippen molar-refractivity contribution >= 4 is 51.2 Å². The number of nitrogens with zero attached hydrogens (tertiary/aromatic N) is 2. The first-order chi connectivity index (χ1) is 12.6. The Labute approximate surface area is 165 Å². The largest absolute Gasteiger partial charge is 0.347 e. The normalized spacial score (nSPS) is 10.7. The second-order valence-electron chi connectivity index (χ2n) is 5.38. The fourth-order valence-corrected chi connectivity index (χ4v) is 2.58. The van der Waals surface area contributed by atoms with Crippen LogP contribution < -0.4 is 10.3 Å². The molecule has 0 unspecified atom stereocenters. The molecule has 0 aliphatic carbocycles. The molecule has 0 bridgehead atoms. The van der Waals surface area contributed by atoms with Gasteiger partial charge in [-0.05, 0) is 54.1 Å². The highest BCUT2D eigenvalue weighted by molar-refractivity contribution is 9.10. The van der Waals surface area contributed by atoms with Gasteiger partial charge >= 0.3 is 6.03 Å². The van der Waals surface area contributed by atoms with Gasteiger partial charge in [-0.25, -0.2) is 4.79 Å². The summed E-state index contributed by atoms with van der Waals surface area (Å²) < 4.78 is 0.941. The molecule has 0 saturated carbocycles. The zero-order valence-electron chi connectivity index (χ0n) is 13.6. The van der Waals surface area contributed by atoms with Gasteiger partial charge in [-0.15, -0.1) is 0 Å². The third-order valence-electron chi connectivity index (χ3n) is 3.48. The second kappa shape index (κ2) is 8.65. The molecule has 3 aromatic rings. The number of halogens is 2. The van der Waals surface area contributed by atoms with Crippen LogP contribution in [0.4, 0.5) is 16.2 Å². The summed E-state index contributed by atoms with van der Waals surface area (Å²) >= 11 is 9.28. The van der Waals surface area contributed by atoms with E-state index in [0.29, 0.717) is 16.4 Å². The van der Waals surface area contributed by atoms with Crippen molar-refractivity contribution in [3.05, 3.63) is 93.9 Å². The Morgan fingerprint density at radius 2 is 1.62 bits per heavy atom. The van der Waals surface area contributed by atoms with Crippen LogP contribution in [-0.2, 0) is 0 Å². The highest BCUT2D eigenvalue weighted by Crippen LogP contribution is 2.18. The van der Waals surface area contributed by atoms with E-state index in [1.54, 1.807) is 18.3 Å². The van der Waals surface area contributed by atoms with Crippen LogP contribution in [0.1, 0.15) is 5.56 Å². The number of rotatable bonds is 4. The lowest BCUT2D eigenvalue weighted by molar-refractivity contribution is 0.257. The number of urea groups is 1. The summed E-state index contributed by atoms with van der Waals surface area (Å²) in [5.41, 5.74) is 2.18. The maximum atomic E-state index is 12.7. The average molecular weight is 429 g/mol. The van der Waals surface area contributed by atoms with Crippen molar-refractivity contribution in [2.24, 2.45) is 5.10 Å². The van der Waals surface area contributed by atoms with Gasteiger partial charge in [-0.3, -0.25) is 0 Å². The monoisotopic (exact) mass is 427 g/mol. The van der Waals surface area contributed by atoms with Crippen molar-refractivity contribution in [3.63, 3.8) is 0 Å². The third-order valence-corrected chi connectivity index (χ3v) is 4.26. The number of carbonyl (C=O) groups is 1. The van der Waals surface area contributed by atoms with Gasteiger partial charge in [0.2, 0.25) is 0 Å². The van der Waals surface area contributed by atoms with Gasteiger partial charge in [0.05, 0.1) is 11.9 Å². The molecule has 3 aromatic carbocycles. The number of anilines is 2. The maximum absolute atomic E-state index is 12.7. The molecule has 0 fully saturated rings. The molecule has 1 N–H and O–H groups in total. The van der Waals surface area contributed by atoms with E-state index in [9.17, 15) is 4.79 Å². The van der Waals surface area contributed by atoms with Gasteiger partial charge in [0, 0.05) is 15.2 Å². The van der Waals surface area contributed by atoms with Crippen LogP contribution in [0.5, 0.6) is 0 Å². The highest BCUT2D eigenvalue weighted by atomic mass is 79.9. The molecule has 6 heteroatoms. The topological polar surface area (TPSA) is 44.7 Å². The molecule has 26 heavy (non-hydrogen) atoms. The second-order valence-corrected chi connectivity index (χ2v) is 6.73. The first-order valence-corrected chi connectivity index (χ1v) is 9.00. The molecule has 0 aromatic heterocycles. The van der Waals surface area contributed by atoms with Gasteiger partial charge in [0.1, 0.15) is 0 Å². The quantitative estimate of drug-likeness (QED) is 0.391. The smallest absolute Gasteiger partial charge is 0.306 e. The number of hydrazone groups is 1. The fourth-order valence-electron chi connectivity index (χ4n) is 2.19. The summed E-state index contributed by atoms with van der Waals surface area (Å²) in [7, 11) is 0. The molecule has 0 saturated heterocycles. The minimum Gasteiger partial charge on any atom is -0.306 e. The average Bonchev–Trinajstić information content (AvgIpc) is 2.66. The Bertz CT molecular complexity index is 897. The van der Waals surface area contributed by atoms with Crippen LogP contribution in [0.15, 0.2) is 88.4 Å². The summed E-state index contributed by atoms with van der Waals surface area (Å²) in [5, 5.41) is 9.16. The van der Waals surface area contributed by atoms with Crippen LogP contribution in [0.25, 0.3) is 0 Å². The van der Waals surface area contributed by atoms with Crippen LogP contribution in [0, 0.1) is 0 Å². The molecule has 0 aliphatic heterocycles. The molecule has 0 aliphatic rings. The Morgan fingerprint density at radius 1 is 0.962 bits per heavy atom. The van der Waals surface area contributed by atoms with Crippen LogP contribution in [0.2, 0.25) is 5.02 Å². The Balaban J connectivity index is 1.84. The van der Waals surface area contributed by atoms with Crippen molar-refractivity contribution in [2.45, 2.75) is 0 Å². The number of hydrogen-bond acceptors (Lipinski definition) is 2. The molecule has 0 heterocycles. The number of hydrogen-bond donors (Lipinski definition) is 1. The summed E-state index contributed by atoms with van der Waals surface area (Å²) in [6, 6.07) is 23.4. The fraction of sp³-hybridized carbons (Fsp3) is 0. The van der Waals surface area contributed by atoms with E-state index in [1.165, 1.54) is 5.01 Å². The molecule has 130 valence electrons. The maximum Gasteiger partial charge on any atom is 0.347 e. The molecule has 4 nitrogen and oxygen atoms in total. The predicted octanol–water partition coefficient (Wildman–Crippen LogP) is 6.18. The minimum absolute atomic E-state index is 0.358. The lowest BCUT2D eigenvalue weighted by Crippen LogP contribution is -2.30. The molecule has 2 amide bonds. The van der Waals surface area contributed by atoms with Crippen molar-refractivity contribution in [3.8, 4) is 0 Å². The molecule has 0 atom stereocenters. The zero-order chi connectivity index (χ0) is 18.4. The van der Waals surface area contributed by atoms with Gasteiger partial charge < -0.3 is 5.32 Å². The number of carbonyl (C=O) groups excluding carboxylic acids is 1. The van der Waals surface area contributed by atoms with E-state index in [1.807, 2.05) is 66.7 Å². The Kier molecular flexibility index (Phi) is 6.04. The van der Waals surface area contributed by atoms with E-state index in [4.69, 9.17) is 11.6 Å². The Morgan fingerprint density at radius 3 is 2.27 bits per heavy atom. The van der Waals surface area contributed by atoms with Crippen molar-refractivity contribution < 1.29 is 4.79 Å². The summed E-state index contributed by atoms with van der Waals surface area (Å²) in [5.74, 6) is 0. The van der Waals surface area contributed by atoms with E-state index >= 15 is 0 Å². The van der Waals surface area contributed by atoms with E-state index in [0.717, 1.165) is 10.0 Å². The predicted molar refractivity (Wildman–Crippen MR) is 111 cm³/mol. The van der Waals surface area contributed by atoms with Gasteiger partial charge in [-0.1, -0.05) is 57.9 Å². The number of benzene rings is 3. The van der Waals surface area contributed by atoms with E-state index in [2.05, 4.69) is 26.3 Å². The van der Waals surface area contributed by atoms with Crippen molar-refractivity contribution in [1.82, 2.24) is 0 Å². The van der Waals surface area contributed by atoms with Crippen molar-refractivity contribution in [1.29, 1.82) is 0 Å². The molecule has 3 rings (SSSR count). The zero-order valence-corrected chi connectivity index (χ0v) is 16.0. The molecular weight excluding hydrogens is 414 g/mol. The highest BCUT2D eigenvalue weighted by Gasteiger charge is 2.14. The number of amides is 2. The first kappa shape index (κ1) is 18.2.